The Bertz CT molecular complexity index is 839. The maximum Gasteiger partial charge on any atom is 0.225 e. The second kappa shape index (κ2) is 7.25. The monoisotopic (exact) mass is 325 g/mol. The molecule has 3 rings (SSSR count). The van der Waals surface area contributed by atoms with Gasteiger partial charge in [-0.05, 0) is 42.8 Å². The normalized spacial score (nSPS) is 10.9. The quantitative estimate of drug-likeness (QED) is 0.670. The van der Waals surface area contributed by atoms with Crippen LogP contribution in [0.5, 0.6) is 0 Å². The van der Waals surface area contributed by atoms with Gasteiger partial charge in [-0.3, -0.25) is 9.20 Å². The Balaban J connectivity index is 1.96. The van der Waals surface area contributed by atoms with Gasteiger partial charge in [0.1, 0.15) is 23.0 Å². The number of amides is 1. The second-order valence-corrected chi connectivity index (χ2v) is 5.75. The number of carbonyl (C=O) groups is 1. The number of aromatic nitrogens is 2. The molecule has 5 heteroatoms. The molecule has 0 aliphatic heterocycles. The van der Waals surface area contributed by atoms with Crippen molar-refractivity contribution in [1.29, 1.82) is 0 Å². The maximum atomic E-state index is 13.2. The number of nitrogens with one attached hydrogen (secondary N) is 1. The van der Waals surface area contributed by atoms with Crippen LogP contribution in [-0.2, 0) is 4.79 Å². The topological polar surface area (TPSA) is 46.4 Å². The molecule has 2 aromatic heterocycles. The van der Waals surface area contributed by atoms with Crippen LogP contribution in [0.15, 0.2) is 48.7 Å². The fourth-order valence-electron chi connectivity index (χ4n) is 2.65. The lowest BCUT2D eigenvalue weighted by atomic mass is 10.1. The smallest absolute Gasteiger partial charge is 0.225 e. The van der Waals surface area contributed by atoms with Crippen molar-refractivity contribution in [2.45, 2.75) is 32.6 Å². The minimum Gasteiger partial charge on any atom is -0.310 e. The van der Waals surface area contributed by atoms with E-state index in [4.69, 9.17) is 0 Å². The lowest BCUT2D eigenvalue weighted by Gasteiger charge is -2.08. The minimum atomic E-state index is -0.298. The Kier molecular flexibility index (Phi) is 4.89. The molecule has 0 aliphatic rings. The standard InChI is InChI=1S/C19H20FN3O/c1-2-3-4-8-17(24)22-19-18(14-9-11-15(20)12-10-14)21-16-7-5-6-13-23(16)19/h5-7,9-13H,2-4,8H2,1H3,(H,22,24). The summed E-state index contributed by atoms with van der Waals surface area (Å²) in [6, 6.07) is 11.8. The van der Waals surface area contributed by atoms with Crippen molar-refractivity contribution in [3.05, 3.63) is 54.5 Å². The summed E-state index contributed by atoms with van der Waals surface area (Å²) in [6.07, 6.45) is 5.31. The highest BCUT2D eigenvalue weighted by atomic mass is 19.1. The zero-order chi connectivity index (χ0) is 16.9. The molecule has 0 spiro atoms. The first kappa shape index (κ1) is 16.2. The van der Waals surface area contributed by atoms with E-state index in [1.165, 1.54) is 12.1 Å². The van der Waals surface area contributed by atoms with Crippen LogP contribution in [0.3, 0.4) is 0 Å². The van der Waals surface area contributed by atoms with Crippen molar-refractivity contribution >= 4 is 17.4 Å². The molecule has 1 aromatic carbocycles. The summed E-state index contributed by atoms with van der Waals surface area (Å²) in [6.45, 7) is 2.11. The molecular formula is C19H20FN3O. The molecular weight excluding hydrogens is 305 g/mol. The Hall–Kier alpha value is -2.69. The zero-order valence-corrected chi connectivity index (χ0v) is 13.6. The number of hydrogen-bond acceptors (Lipinski definition) is 2. The number of nitrogens with zero attached hydrogens (tertiary/aromatic N) is 2. The van der Waals surface area contributed by atoms with E-state index >= 15 is 0 Å². The number of fused-ring (bicyclic) bond motifs is 1. The van der Waals surface area contributed by atoms with Gasteiger partial charge >= 0.3 is 0 Å². The van der Waals surface area contributed by atoms with Gasteiger partial charge in [-0.25, -0.2) is 9.37 Å². The van der Waals surface area contributed by atoms with Crippen molar-refractivity contribution in [2.75, 3.05) is 5.32 Å². The van der Waals surface area contributed by atoms with Gasteiger partial charge in [0.2, 0.25) is 5.91 Å². The first-order valence-corrected chi connectivity index (χ1v) is 8.22. The number of pyridine rings is 1. The van der Waals surface area contributed by atoms with E-state index < -0.39 is 0 Å². The molecule has 0 saturated heterocycles. The predicted molar refractivity (Wildman–Crippen MR) is 93.4 cm³/mol. The number of anilines is 1. The van der Waals surface area contributed by atoms with E-state index in [1.807, 2.05) is 28.8 Å². The van der Waals surface area contributed by atoms with Gasteiger partial charge in [-0.1, -0.05) is 25.8 Å². The highest BCUT2D eigenvalue weighted by molar-refractivity contribution is 5.94. The number of benzene rings is 1. The molecule has 0 unspecified atom stereocenters. The van der Waals surface area contributed by atoms with Crippen LogP contribution in [0.2, 0.25) is 0 Å². The summed E-state index contributed by atoms with van der Waals surface area (Å²) in [5.41, 5.74) is 2.15. The van der Waals surface area contributed by atoms with Crippen molar-refractivity contribution in [3.8, 4) is 11.3 Å². The minimum absolute atomic E-state index is 0.0301. The largest absolute Gasteiger partial charge is 0.310 e. The number of rotatable bonds is 6. The summed E-state index contributed by atoms with van der Waals surface area (Å²) < 4.78 is 15.0. The molecule has 1 N–H and O–H groups in total. The lowest BCUT2D eigenvalue weighted by molar-refractivity contribution is -0.116. The first-order chi connectivity index (χ1) is 11.7. The van der Waals surface area contributed by atoms with Gasteiger partial charge in [0, 0.05) is 18.2 Å². The van der Waals surface area contributed by atoms with Crippen molar-refractivity contribution in [3.63, 3.8) is 0 Å². The number of carbonyl (C=O) groups excluding carboxylic acids is 1. The average molecular weight is 325 g/mol. The summed E-state index contributed by atoms with van der Waals surface area (Å²) in [5.74, 6) is 0.295. The Labute approximate surface area is 140 Å². The Morgan fingerprint density at radius 2 is 1.96 bits per heavy atom. The molecule has 4 nitrogen and oxygen atoms in total. The van der Waals surface area contributed by atoms with E-state index in [0.717, 1.165) is 30.5 Å². The molecule has 3 aromatic rings. The number of hydrogen-bond donors (Lipinski definition) is 1. The Morgan fingerprint density at radius 3 is 2.71 bits per heavy atom. The summed E-state index contributed by atoms with van der Waals surface area (Å²) in [5, 5.41) is 2.97. The van der Waals surface area contributed by atoms with E-state index in [9.17, 15) is 9.18 Å². The van der Waals surface area contributed by atoms with E-state index in [2.05, 4.69) is 17.2 Å². The van der Waals surface area contributed by atoms with E-state index in [-0.39, 0.29) is 11.7 Å². The van der Waals surface area contributed by atoms with Crippen LogP contribution in [0.25, 0.3) is 16.9 Å². The maximum absolute atomic E-state index is 13.2. The third-order valence-corrected chi connectivity index (χ3v) is 3.91. The van der Waals surface area contributed by atoms with Crippen LogP contribution < -0.4 is 5.32 Å². The van der Waals surface area contributed by atoms with Gasteiger partial charge in [-0.15, -0.1) is 0 Å². The molecule has 0 saturated carbocycles. The Morgan fingerprint density at radius 1 is 1.17 bits per heavy atom. The highest BCUT2D eigenvalue weighted by Gasteiger charge is 2.16. The van der Waals surface area contributed by atoms with Crippen molar-refractivity contribution in [2.24, 2.45) is 0 Å². The average Bonchev–Trinajstić information content (AvgIpc) is 2.94. The summed E-state index contributed by atoms with van der Waals surface area (Å²) >= 11 is 0. The van der Waals surface area contributed by atoms with Gasteiger partial charge in [0.25, 0.3) is 0 Å². The van der Waals surface area contributed by atoms with Gasteiger partial charge < -0.3 is 5.32 Å². The van der Waals surface area contributed by atoms with Crippen LogP contribution in [0.4, 0.5) is 10.2 Å². The molecule has 0 radical (unpaired) electrons. The van der Waals surface area contributed by atoms with Gasteiger partial charge in [0.05, 0.1) is 0 Å². The summed E-state index contributed by atoms with van der Waals surface area (Å²) in [4.78, 5) is 16.8. The SMILES string of the molecule is CCCCCC(=O)Nc1c(-c2ccc(F)cc2)nc2ccccn12. The predicted octanol–water partition coefficient (Wildman–Crippen LogP) is 4.66. The molecule has 0 bridgehead atoms. The van der Waals surface area contributed by atoms with Crippen LogP contribution in [0, 0.1) is 5.82 Å². The molecule has 1 amide bonds. The van der Waals surface area contributed by atoms with Crippen LogP contribution in [-0.4, -0.2) is 15.3 Å². The first-order valence-electron chi connectivity index (χ1n) is 8.22. The fraction of sp³-hybridized carbons (Fsp3) is 0.263. The number of imidazole rings is 1. The molecule has 0 atom stereocenters. The highest BCUT2D eigenvalue weighted by Crippen LogP contribution is 2.29. The van der Waals surface area contributed by atoms with Crippen LogP contribution >= 0.6 is 0 Å². The molecule has 24 heavy (non-hydrogen) atoms. The number of halogens is 1. The molecule has 0 fully saturated rings. The molecule has 2 heterocycles. The second-order valence-electron chi connectivity index (χ2n) is 5.75. The molecule has 124 valence electrons. The summed E-state index contributed by atoms with van der Waals surface area (Å²) in [7, 11) is 0. The zero-order valence-electron chi connectivity index (χ0n) is 13.6. The third-order valence-electron chi connectivity index (χ3n) is 3.91. The van der Waals surface area contributed by atoms with Crippen molar-refractivity contribution < 1.29 is 9.18 Å². The van der Waals surface area contributed by atoms with Gasteiger partial charge in [0.15, 0.2) is 0 Å². The van der Waals surface area contributed by atoms with Crippen molar-refractivity contribution in [1.82, 2.24) is 9.38 Å². The molecule has 0 aliphatic carbocycles. The van der Waals surface area contributed by atoms with E-state index in [1.54, 1.807) is 12.1 Å². The number of unbranched alkanes of at least 4 members (excludes halogenated alkanes) is 2. The van der Waals surface area contributed by atoms with E-state index in [0.29, 0.717) is 17.9 Å². The lowest BCUT2D eigenvalue weighted by Crippen LogP contribution is -2.13. The van der Waals surface area contributed by atoms with Crippen LogP contribution in [0.1, 0.15) is 32.6 Å². The third kappa shape index (κ3) is 3.45. The van der Waals surface area contributed by atoms with Gasteiger partial charge in [-0.2, -0.15) is 0 Å². The fourth-order valence-corrected chi connectivity index (χ4v) is 2.65.